The molecular formula is C14H25IN2. The van der Waals surface area contributed by atoms with Gasteiger partial charge >= 0.3 is 0 Å². The Morgan fingerprint density at radius 2 is 1.24 bits per heavy atom. The van der Waals surface area contributed by atoms with E-state index in [1.54, 1.807) is 0 Å². The molecular weight excluding hydrogens is 323 g/mol. The largest absolute Gasteiger partial charge is 0.242 e. The zero-order valence-electron chi connectivity index (χ0n) is 10.7. The Morgan fingerprint density at radius 3 is 1.59 bits per heavy atom. The van der Waals surface area contributed by atoms with Crippen molar-refractivity contribution in [3.63, 3.8) is 0 Å². The Balaban J connectivity index is 0.00000144. The zero-order valence-corrected chi connectivity index (χ0v) is 13.0. The lowest BCUT2D eigenvalue weighted by molar-refractivity contribution is 0.207. The van der Waals surface area contributed by atoms with Crippen LogP contribution in [0.3, 0.4) is 0 Å². The van der Waals surface area contributed by atoms with Crippen LogP contribution in [0.2, 0.25) is 0 Å². The van der Waals surface area contributed by atoms with Gasteiger partial charge in [-0.15, -0.1) is 24.0 Å². The summed E-state index contributed by atoms with van der Waals surface area (Å²) in [6.45, 7) is 0. The molecule has 0 atom stereocenters. The predicted molar refractivity (Wildman–Crippen MR) is 82.5 cm³/mol. The van der Waals surface area contributed by atoms with Crippen molar-refractivity contribution in [3.05, 3.63) is 0 Å². The van der Waals surface area contributed by atoms with Gasteiger partial charge in [0.2, 0.25) is 0 Å². The number of hydrogen-bond donors (Lipinski definition) is 1. The average Bonchev–Trinajstić information content (AvgIpc) is 2.38. The first-order valence-electron chi connectivity index (χ1n) is 7.03. The Labute approximate surface area is 122 Å². The molecule has 0 unspecified atom stereocenters. The SMILES string of the molecule is I.N=C=NC(C1CCCCC1)C1CCCCC1. The summed E-state index contributed by atoms with van der Waals surface area (Å²) in [5.41, 5.74) is 0. The van der Waals surface area contributed by atoms with Gasteiger partial charge in [0.25, 0.3) is 0 Å². The second kappa shape index (κ2) is 8.25. The zero-order chi connectivity index (χ0) is 11.2. The normalized spacial score (nSPS) is 22.9. The van der Waals surface area contributed by atoms with Crippen LogP contribution in [0.4, 0.5) is 0 Å². The minimum absolute atomic E-state index is 0. The smallest absolute Gasteiger partial charge is 0.0865 e. The third-order valence-corrected chi connectivity index (χ3v) is 4.48. The quantitative estimate of drug-likeness (QED) is 0.557. The molecule has 17 heavy (non-hydrogen) atoms. The first-order valence-corrected chi connectivity index (χ1v) is 7.03. The third kappa shape index (κ3) is 4.36. The van der Waals surface area contributed by atoms with E-state index in [0.717, 1.165) is 11.8 Å². The molecule has 2 nitrogen and oxygen atoms in total. The van der Waals surface area contributed by atoms with E-state index in [1.165, 1.54) is 64.2 Å². The lowest BCUT2D eigenvalue weighted by Gasteiger charge is -2.34. The molecule has 0 radical (unpaired) electrons. The minimum Gasteiger partial charge on any atom is -0.242 e. The van der Waals surface area contributed by atoms with E-state index in [2.05, 4.69) is 11.0 Å². The van der Waals surface area contributed by atoms with E-state index in [1.807, 2.05) is 0 Å². The van der Waals surface area contributed by atoms with Crippen molar-refractivity contribution >= 4 is 30.0 Å². The van der Waals surface area contributed by atoms with Crippen molar-refractivity contribution in [1.29, 1.82) is 5.41 Å². The molecule has 0 aromatic heterocycles. The van der Waals surface area contributed by atoms with E-state index >= 15 is 0 Å². The summed E-state index contributed by atoms with van der Waals surface area (Å²) in [6.07, 6.45) is 13.7. The van der Waals surface area contributed by atoms with Crippen molar-refractivity contribution in [3.8, 4) is 0 Å². The molecule has 0 saturated heterocycles. The number of nitrogens with one attached hydrogen (secondary N) is 1. The van der Waals surface area contributed by atoms with Crippen LogP contribution < -0.4 is 0 Å². The van der Waals surface area contributed by atoms with Gasteiger partial charge in [-0.05, 0) is 37.5 Å². The summed E-state index contributed by atoms with van der Waals surface area (Å²) in [7, 11) is 0. The van der Waals surface area contributed by atoms with Gasteiger partial charge in [0.15, 0.2) is 0 Å². The van der Waals surface area contributed by atoms with E-state index in [4.69, 9.17) is 5.41 Å². The molecule has 3 heteroatoms. The molecule has 98 valence electrons. The Bertz CT molecular complexity index is 231. The predicted octanol–water partition coefficient (Wildman–Crippen LogP) is 4.89. The molecule has 2 aliphatic rings. The molecule has 2 saturated carbocycles. The van der Waals surface area contributed by atoms with Crippen molar-refractivity contribution in [2.75, 3.05) is 0 Å². The minimum atomic E-state index is 0. The van der Waals surface area contributed by atoms with Gasteiger partial charge in [0.1, 0.15) is 0 Å². The van der Waals surface area contributed by atoms with Crippen LogP contribution in [0.25, 0.3) is 0 Å². The summed E-state index contributed by atoms with van der Waals surface area (Å²) in [5, 5.41) is 7.15. The van der Waals surface area contributed by atoms with Crippen LogP contribution in [0, 0.1) is 17.2 Å². The fraction of sp³-hybridized carbons (Fsp3) is 0.929. The van der Waals surface area contributed by atoms with Crippen LogP contribution in [0.15, 0.2) is 4.99 Å². The summed E-state index contributed by atoms with van der Waals surface area (Å²) in [6, 6.07) is 2.77. The van der Waals surface area contributed by atoms with E-state index < -0.39 is 0 Å². The molecule has 0 heterocycles. The van der Waals surface area contributed by atoms with Crippen LogP contribution >= 0.6 is 24.0 Å². The Kier molecular flexibility index (Phi) is 7.36. The van der Waals surface area contributed by atoms with Gasteiger partial charge in [-0.3, -0.25) is 0 Å². The van der Waals surface area contributed by atoms with Crippen molar-refractivity contribution < 1.29 is 0 Å². The summed E-state index contributed by atoms with van der Waals surface area (Å²) in [5.74, 6) is 1.52. The van der Waals surface area contributed by atoms with E-state index in [0.29, 0.717) is 6.04 Å². The molecule has 0 aromatic rings. The molecule has 2 aliphatic carbocycles. The van der Waals surface area contributed by atoms with Crippen LogP contribution in [-0.4, -0.2) is 12.1 Å². The van der Waals surface area contributed by atoms with Gasteiger partial charge in [-0.2, -0.15) is 0 Å². The molecule has 1 N–H and O–H groups in total. The number of hydrogen-bond acceptors (Lipinski definition) is 2. The fourth-order valence-corrected chi connectivity index (χ4v) is 3.62. The standard InChI is InChI=1S/C14H24N2.HI/c15-11-16-14(12-7-3-1-4-8-12)13-9-5-2-6-10-13;/h12-15H,1-10H2;1H. The number of rotatable bonds is 3. The highest BCUT2D eigenvalue weighted by atomic mass is 127. The highest BCUT2D eigenvalue weighted by molar-refractivity contribution is 14.0. The summed E-state index contributed by atoms with van der Waals surface area (Å²) in [4.78, 5) is 4.39. The van der Waals surface area contributed by atoms with Crippen molar-refractivity contribution in [2.24, 2.45) is 16.8 Å². The van der Waals surface area contributed by atoms with Gasteiger partial charge < -0.3 is 0 Å². The first-order chi connectivity index (χ1) is 7.92. The monoisotopic (exact) mass is 348 g/mol. The molecule has 0 aromatic carbocycles. The van der Waals surface area contributed by atoms with Gasteiger partial charge in [-0.1, -0.05) is 38.5 Å². The molecule has 2 fully saturated rings. The Morgan fingerprint density at radius 1 is 0.824 bits per heavy atom. The molecule has 0 spiro atoms. The lowest BCUT2D eigenvalue weighted by Crippen LogP contribution is -2.30. The van der Waals surface area contributed by atoms with Gasteiger partial charge in [-0.25, -0.2) is 10.4 Å². The lowest BCUT2D eigenvalue weighted by atomic mass is 9.74. The number of nitrogens with zero attached hydrogens (tertiary/aromatic N) is 1. The van der Waals surface area contributed by atoms with Crippen molar-refractivity contribution in [2.45, 2.75) is 70.3 Å². The highest BCUT2D eigenvalue weighted by Gasteiger charge is 2.30. The fourth-order valence-electron chi connectivity index (χ4n) is 3.62. The summed E-state index contributed by atoms with van der Waals surface area (Å²) < 4.78 is 0. The number of aliphatic imine (C=N–C) groups is 1. The molecule has 0 bridgehead atoms. The summed E-state index contributed by atoms with van der Waals surface area (Å²) >= 11 is 0. The maximum atomic E-state index is 7.15. The molecule has 0 amide bonds. The maximum absolute atomic E-state index is 7.15. The van der Waals surface area contributed by atoms with E-state index in [-0.39, 0.29) is 24.0 Å². The average molecular weight is 348 g/mol. The van der Waals surface area contributed by atoms with Crippen LogP contribution in [0.5, 0.6) is 0 Å². The maximum Gasteiger partial charge on any atom is 0.0865 e. The van der Waals surface area contributed by atoms with Crippen LogP contribution in [-0.2, 0) is 0 Å². The van der Waals surface area contributed by atoms with Gasteiger partial charge in [0, 0.05) is 0 Å². The first kappa shape index (κ1) is 15.2. The number of halogens is 1. The second-order valence-corrected chi connectivity index (χ2v) is 5.53. The third-order valence-electron chi connectivity index (χ3n) is 4.48. The Hall–Kier alpha value is 0.110. The molecule has 2 rings (SSSR count). The topological polar surface area (TPSA) is 36.2 Å². The van der Waals surface area contributed by atoms with Crippen molar-refractivity contribution in [1.82, 2.24) is 0 Å². The highest BCUT2D eigenvalue weighted by Crippen LogP contribution is 2.37. The van der Waals surface area contributed by atoms with Gasteiger partial charge in [0.05, 0.1) is 12.1 Å². The molecule has 0 aliphatic heterocycles. The van der Waals surface area contributed by atoms with E-state index in [9.17, 15) is 0 Å². The van der Waals surface area contributed by atoms with Crippen LogP contribution in [0.1, 0.15) is 64.2 Å². The second-order valence-electron chi connectivity index (χ2n) is 5.53.